The molecule has 2 heterocycles. The van der Waals surface area contributed by atoms with Crippen molar-refractivity contribution in [3.63, 3.8) is 0 Å². The Labute approximate surface area is 207 Å². The molecular formula is C24H30N4O6S. The van der Waals surface area contributed by atoms with Crippen LogP contribution in [0.25, 0.3) is 11.0 Å². The predicted molar refractivity (Wildman–Crippen MR) is 131 cm³/mol. The Kier molecular flexibility index (Phi) is 7.49. The smallest absolute Gasteiger partial charge is 0.420 e. The number of carboxylic acids is 1. The third-order valence-electron chi connectivity index (χ3n) is 4.56. The summed E-state index contributed by atoms with van der Waals surface area (Å²) < 4.78 is 12.5. The molecule has 0 spiro atoms. The minimum atomic E-state index is -1.11. The first-order chi connectivity index (χ1) is 16.2. The number of imidazole rings is 1. The Bertz CT molecular complexity index is 1230. The highest BCUT2D eigenvalue weighted by atomic mass is 32.1. The minimum absolute atomic E-state index is 0.0278. The van der Waals surface area contributed by atoms with Crippen LogP contribution < -0.4 is 0 Å². The molecular weight excluding hydrogens is 472 g/mol. The average Bonchev–Trinajstić information content (AvgIpc) is 3.32. The van der Waals surface area contributed by atoms with E-state index >= 15 is 0 Å². The van der Waals surface area contributed by atoms with Crippen molar-refractivity contribution in [3.8, 4) is 0 Å². The van der Waals surface area contributed by atoms with Crippen LogP contribution in [0.1, 0.15) is 62.9 Å². The molecule has 1 N–H and O–H groups in total. The molecule has 0 radical (unpaired) electrons. The van der Waals surface area contributed by atoms with Gasteiger partial charge in [-0.1, -0.05) is 12.1 Å². The number of carbonyl (C=O) groups excluding carboxylic acids is 2. The van der Waals surface area contributed by atoms with Crippen molar-refractivity contribution >= 4 is 40.5 Å². The molecule has 0 bridgehead atoms. The molecule has 0 aliphatic carbocycles. The summed E-state index contributed by atoms with van der Waals surface area (Å²) in [6.45, 7) is 10.8. The average molecular weight is 503 g/mol. The van der Waals surface area contributed by atoms with E-state index in [1.165, 1.54) is 26.2 Å². The molecule has 3 rings (SSSR count). The molecule has 2 aromatic heterocycles. The van der Waals surface area contributed by atoms with Crippen molar-refractivity contribution < 1.29 is 29.0 Å². The third-order valence-corrected chi connectivity index (χ3v) is 5.47. The summed E-state index contributed by atoms with van der Waals surface area (Å²) in [7, 11) is 0. The zero-order valence-electron chi connectivity index (χ0n) is 20.7. The highest BCUT2D eigenvalue weighted by Gasteiger charge is 2.28. The van der Waals surface area contributed by atoms with E-state index in [1.807, 2.05) is 6.07 Å². The van der Waals surface area contributed by atoms with Gasteiger partial charge in [-0.25, -0.2) is 28.9 Å². The molecule has 188 valence electrons. The lowest BCUT2D eigenvalue weighted by Gasteiger charge is -2.27. The fourth-order valence-electron chi connectivity index (χ4n) is 3.18. The number of hydrogen-bond acceptors (Lipinski definition) is 8. The Morgan fingerprint density at radius 1 is 1.03 bits per heavy atom. The zero-order chi connectivity index (χ0) is 26.0. The lowest BCUT2D eigenvalue weighted by Crippen LogP contribution is -2.39. The summed E-state index contributed by atoms with van der Waals surface area (Å²) in [5, 5.41) is 11.1. The van der Waals surface area contributed by atoms with Gasteiger partial charge in [-0.3, -0.25) is 0 Å². The number of carbonyl (C=O) groups is 3. The fourth-order valence-corrected chi connectivity index (χ4v) is 3.94. The number of ether oxygens (including phenoxy) is 2. The number of aromatic carboxylic acids is 1. The second kappa shape index (κ2) is 10.0. The van der Waals surface area contributed by atoms with Gasteiger partial charge in [0, 0.05) is 18.3 Å². The number of amides is 1. The van der Waals surface area contributed by atoms with E-state index < -0.39 is 29.4 Å². The zero-order valence-corrected chi connectivity index (χ0v) is 21.5. The number of para-hydroxylation sites is 2. The summed E-state index contributed by atoms with van der Waals surface area (Å²) >= 11 is 1.20. The lowest BCUT2D eigenvalue weighted by molar-refractivity contribution is 0.0222. The number of aromatic nitrogens is 3. The third kappa shape index (κ3) is 7.01. The van der Waals surface area contributed by atoms with Crippen molar-refractivity contribution in [1.29, 1.82) is 0 Å². The van der Waals surface area contributed by atoms with Crippen LogP contribution in [0.5, 0.6) is 0 Å². The first-order valence-corrected chi connectivity index (χ1v) is 12.0. The number of hydrogen-bond donors (Lipinski definition) is 1. The summed E-state index contributed by atoms with van der Waals surface area (Å²) in [6.07, 6.45) is -0.879. The number of rotatable bonds is 6. The fraction of sp³-hybridized carbons (Fsp3) is 0.458. The second-order valence-corrected chi connectivity index (χ2v) is 10.9. The maximum Gasteiger partial charge on any atom is 0.420 e. The summed E-state index contributed by atoms with van der Waals surface area (Å²) in [6, 6.07) is 7.15. The first-order valence-electron chi connectivity index (χ1n) is 11.1. The van der Waals surface area contributed by atoms with Crippen molar-refractivity contribution in [3.05, 3.63) is 46.2 Å². The summed E-state index contributed by atoms with van der Waals surface area (Å²) in [4.78, 5) is 47.4. The van der Waals surface area contributed by atoms with E-state index in [4.69, 9.17) is 14.6 Å². The first kappa shape index (κ1) is 26.1. The van der Waals surface area contributed by atoms with Gasteiger partial charge in [-0.2, -0.15) is 0 Å². The van der Waals surface area contributed by atoms with Crippen LogP contribution in [0.2, 0.25) is 0 Å². The van der Waals surface area contributed by atoms with Crippen LogP contribution in [0, 0.1) is 0 Å². The quantitative estimate of drug-likeness (QED) is 0.502. The van der Waals surface area contributed by atoms with Gasteiger partial charge in [0.15, 0.2) is 5.69 Å². The van der Waals surface area contributed by atoms with Crippen LogP contribution in [0.15, 0.2) is 29.6 Å². The molecule has 0 aliphatic rings. The van der Waals surface area contributed by atoms with E-state index in [9.17, 15) is 14.4 Å². The lowest BCUT2D eigenvalue weighted by atomic mass is 10.2. The van der Waals surface area contributed by atoms with Gasteiger partial charge in [0.05, 0.1) is 22.6 Å². The number of thiazole rings is 1. The topological polar surface area (TPSA) is 124 Å². The van der Waals surface area contributed by atoms with Crippen molar-refractivity contribution in [2.75, 3.05) is 6.54 Å². The van der Waals surface area contributed by atoms with Gasteiger partial charge >= 0.3 is 18.2 Å². The highest BCUT2D eigenvalue weighted by Crippen LogP contribution is 2.22. The van der Waals surface area contributed by atoms with Gasteiger partial charge in [-0.15, -0.1) is 11.3 Å². The maximum absolute atomic E-state index is 13.1. The van der Waals surface area contributed by atoms with Gasteiger partial charge in [-0.05, 0) is 53.7 Å². The normalized spacial score (nSPS) is 11.9. The number of carboxylic acid groups (broad SMARTS) is 1. The van der Waals surface area contributed by atoms with Gasteiger partial charge in [0.2, 0.25) is 0 Å². The predicted octanol–water partition coefficient (Wildman–Crippen LogP) is 4.95. The standard InChI is InChI=1S/C24H30N4O6S/c1-23(2,3)33-21(31)27(12-11-19-26-16(14-35-19)20(29)30)13-18-25-15-9-7-8-10-17(15)28(18)22(32)34-24(4,5)6/h7-10,14H,11-13H2,1-6H3,(H,29,30). The van der Waals surface area contributed by atoms with Crippen LogP contribution in [-0.4, -0.2) is 60.4 Å². The van der Waals surface area contributed by atoms with E-state index in [1.54, 1.807) is 59.7 Å². The Hall–Kier alpha value is -3.47. The van der Waals surface area contributed by atoms with Crippen LogP contribution in [-0.2, 0) is 22.4 Å². The molecule has 35 heavy (non-hydrogen) atoms. The SMILES string of the molecule is CC(C)(C)OC(=O)N(CCc1nc(C(=O)O)cs1)Cc1nc2ccccc2n1C(=O)OC(C)(C)C. The molecule has 1 aromatic carbocycles. The summed E-state index contributed by atoms with van der Waals surface area (Å²) in [5.41, 5.74) is -0.355. The molecule has 1 amide bonds. The van der Waals surface area contributed by atoms with E-state index in [-0.39, 0.29) is 18.8 Å². The highest BCUT2D eigenvalue weighted by molar-refractivity contribution is 7.09. The minimum Gasteiger partial charge on any atom is -0.476 e. The molecule has 0 saturated carbocycles. The molecule has 0 atom stereocenters. The molecule has 0 saturated heterocycles. The molecule has 0 aliphatic heterocycles. The molecule has 10 nitrogen and oxygen atoms in total. The van der Waals surface area contributed by atoms with Crippen molar-refractivity contribution in [2.24, 2.45) is 0 Å². The molecule has 0 fully saturated rings. The van der Waals surface area contributed by atoms with E-state index in [2.05, 4.69) is 9.97 Å². The number of fused-ring (bicyclic) bond motifs is 1. The number of benzene rings is 1. The largest absolute Gasteiger partial charge is 0.476 e. The van der Waals surface area contributed by atoms with E-state index in [0.29, 0.717) is 28.3 Å². The van der Waals surface area contributed by atoms with Gasteiger partial charge in [0.1, 0.15) is 17.0 Å². The molecule has 11 heteroatoms. The summed E-state index contributed by atoms with van der Waals surface area (Å²) in [5.74, 6) is -0.792. The van der Waals surface area contributed by atoms with Gasteiger partial charge in [0.25, 0.3) is 0 Å². The monoisotopic (exact) mass is 502 g/mol. The van der Waals surface area contributed by atoms with Crippen LogP contribution >= 0.6 is 11.3 Å². The van der Waals surface area contributed by atoms with E-state index in [0.717, 1.165) is 0 Å². The molecule has 0 unspecified atom stereocenters. The number of nitrogens with zero attached hydrogens (tertiary/aromatic N) is 4. The Morgan fingerprint density at radius 2 is 1.69 bits per heavy atom. The van der Waals surface area contributed by atoms with Gasteiger partial charge < -0.3 is 19.5 Å². The molecule has 3 aromatic rings. The Balaban J connectivity index is 1.94. The van der Waals surface area contributed by atoms with Crippen LogP contribution in [0.3, 0.4) is 0 Å². The van der Waals surface area contributed by atoms with Crippen molar-refractivity contribution in [1.82, 2.24) is 19.4 Å². The Morgan fingerprint density at radius 3 is 2.29 bits per heavy atom. The van der Waals surface area contributed by atoms with Crippen LogP contribution in [0.4, 0.5) is 9.59 Å². The van der Waals surface area contributed by atoms with Crippen molar-refractivity contribution in [2.45, 2.75) is 65.7 Å². The maximum atomic E-state index is 13.1. The second-order valence-electron chi connectivity index (χ2n) is 9.92.